The summed E-state index contributed by atoms with van der Waals surface area (Å²) >= 11 is 0. The Labute approximate surface area is 124 Å². The second kappa shape index (κ2) is 7.08. The quantitative estimate of drug-likeness (QED) is 0.845. The summed E-state index contributed by atoms with van der Waals surface area (Å²) in [4.78, 5) is 28.4. The van der Waals surface area contributed by atoms with Gasteiger partial charge in [-0.15, -0.1) is 0 Å². The van der Waals surface area contributed by atoms with Crippen LogP contribution in [0, 0.1) is 0 Å². The molecule has 0 bridgehead atoms. The molecule has 116 valence electrons. The van der Waals surface area contributed by atoms with Crippen molar-refractivity contribution in [1.29, 1.82) is 0 Å². The first-order valence-electron chi connectivity index (χ1n) is 6.57. The predicted octanol–water partition coefficient (Wildman–Crippen LogP) is 2.48. The SMILES string of the molecule is CON(C(=O)OC(C)(C)C)[C@@H](Cc1ccccc1)C(=O)O. The van der Waals surface area contributed by atoms with Gasteiger partial charge in [0, 0.05) is 6.42 Å². The molecule has 6 heteroatoms. The lowest BCUT2D eigenvalue weighted by Crippen LogP contribution is -2.47. The molecule has 1 atom stereocenters. The third-order valence-corrected chi connectivity index (χ3v) is 2.61. The van der Waals surface area contributed by atoms with E-state index in [9.17, 15) is 14.7 Å². The Morgan fingerprint density at radius 1 is 1.24 bits per heavy atom. The minimum Gasteiger partial charge on any atom is -0.480 e. The highest BCUT2D eigenvalue weighted by Gasteiger charge is 2.33. The molecule has 6 nitrogen and oxygen atoms in total. The Kier molecular flexibility index (Phi) is 5.72. The van der Waals surface area contributed by atoms with Crippen molar-refractivity contribution in [2.24, 2.45) is 0 Å². The van der Waals surface area contributed by atoms with Crippen molar-refractivity contribution in [2.75, 3.05) is 7.11 Å². The number of amides is 1. The molecule has 21 heavy (non-hydrogen) atoms. The highest BCUT2D eigenvalue weighted by molar-refractivity contribution is 5.79. The van der Waals surface area contributed by atoms with Gasteiger partial charge in [-0.3, -0.25) is 4.84 Å². The summed E-state index contributed by atoms with van der Waals surface area (Å²) in [6.07, 6.45) is -0.697. The van der Waals surface area contributed by atoms with Crippen molar-refractivity contribution in [2.45, 2.75) is 38.8 Å². The number of carbonyl (C=O) groups is 2. The average Bonchev–Trinajstić information content (AvgIpc) is 2.37. The maximum atomic E-state index is 12.0. The Bertz CT molecular complexity index is 481. The maximum absolute atomic E-state index is 12.0. The van der Waals surface area contributed by atoms with E-state index in [2.05, 4.69) is 0 Å². The molecule has 0 spiro atoms. The van der Waals surface area contributed by atoms with Gasteiger partial charge >= 0.3 is 12.1 Å². The van der Waals surface area contributed by atoms with Crippen LogP contribution in [0.3, 0.4) is 0 Å². The number of ether oxygens (including phenoxy) is 1. The number of benzene rings is 1. The van der Waals surface area contributed by atoms with Crippen LogP contribution in [0.15, 0.2) is 30.3 Å². The predicted molar refractivity (Wildman–Crippen MR) is 76.7 cm³/mol. The molecule has 0 radical (unpaired) electrons. The topological polar surface area (TPSA) is 76.1 Å². The maximum Gasteiger partial charge on any atom is 0.435 e. The Hall–Kier alpha value is -2.08. The van der Waals surface area contributed by atoms with Gasteiger partial charge in [0.2, 0.25) is 0 Å². The lowest BCUT2D eigenvalue weighted by atomic mass is 10.1. The average molecular weight is 295 g/mol. The van der Waals surface area contributed by atoms with Crippen LogP contribution in [-0.2, 0) is 20.8 Å². The molecule has 0 saturated heterocycles. The lowest BCUT2D eigenvalue weighted by Gasteiger charge is -2.29. The molecule has 0 aliphatic rings. The molecule has 0 heterocycles. The fourth-order valence-electron chi connectivity index (χ4n) is 1.74. The Balaban J connectivity index is 2.91. The van der Waals surface area contributed by atoms with E-state index in [1.807, 2.05) is 6.07 Å². The lowest BCUT2D eigenvalue weighted by molar-refractivity contribution is -0.175. The van der Waals surface area contributed by atoms with Crippen LogP contribution in [0.1, 0.15) is 26.3 Å². The van der Waals surface area contributed by atoms with Gasteiger partial charge in [0.05, 0.1) is 7.11 Å². The summed E-state index contributed by atoms with van der Waals surface area (Å²) in [5.41, 5.74) is 0.0550. The summed E-state index contributed by atoms with van der Waals surface area (Å²) in [6, 6.07) is 7.86. The molecule has 1 rings (SSSR count). The number of hydrogen-bond donors (Lipinski definition) is 1. The van der Waals surface area contributed by atoms with Crippen molar-refractivity contribution in [3.05, 3.63) is 35.9 Å². The molecule has 1 amide bonds. The number of hydrogen-bond acceptors (Lipinski definition) is 4. The van der Waals surface area contributed by atoms with Crippen molar-refractivity contribution >= 4 is 12.1 Å². The molecule has 0 saturated carbocycles. The summed E-state index contributed by atoms with van der Waals surface area (Å²) in [5, 5.41) is 10.1. The smallest absolute Gasteiger partial charge is 0.435 e. The largest absolute Gasteiger partial charge is 0.480 e. The molecular formula is C15H21NO5. The minimum atomic E-state index is -1.16. The van der Waals surface area contributed by atoms with Crippen LogP contribution in [0.25, 0.3) is 0 Å². The minimum absolute atomic E-state index is 0.128. The van der Waals surface area contributed by atoms with E-state index in [0.29, 0.717) is 0 Å². The molecule has 1 N–H and O–H groups in total. The zero-order valence-corrected chi connectivity index (χ0v) is 12.7. The molecule has 1 aromatic carbocycles. The van der Waals surface area contributed by atoms with Gasteiger partial charge in [0.15, 0.2) is 6.04 Å². The number of carbonyl (C=O) groups excluding carboxylic acids is 1. The summed E-state index contributed by atoms with van der Waals surface area (Å²) in [5.74, 6) is -1.16. The molecule has 0 fully saturated rings. The van der Waals surface area contributed by atoms with Crippen molar-refractivity contribution in [3.63, 3.8) is 0 Å². The van der Waals surface area contributed by atoms with E-state index in [1.54, 1.807) is 45.0 Å². The third-order valence-electron chi connectivity index (χ3n) is 2.61. The number of hydroxylamine groups is 2. The highest BCUT2D eigenvalue weighted by atomic mass is 16.7. The van der Waals surface area contributed by atoms with E-state index >= 15 is 0 Å². The fourth-order valence-corrected chi connectivity index (χ4v) is 1.74. The first-order chi connectivity index (χ1) is 9.74. The van der Waals surface area contributed by atoms with E-state index in [4.69, 9.17) is 9.57 Å². The number of rotatable bonds is 5. The molecule has 0 aliphatic carbocycles. The second-order valence-electron chi connectivity index (χ2n) is 5.53. The zero-order chi connectivity index (χ0) is 16.0. The van der Waals surface area contributed by atoms with E-state index in [0.717, 1.165) is 10.6 Å². The molecule has 1 aromatic rings. The Morgan fingerprint density at radius 3 is 2.24 bits per heavy atom. The van der Waals surface area contributed by atoms with Crippen LogP contribution < -0.4 is 0 Å². The van der Waals surface area contributed by atoms with Crippen LogP contribution in [0.5, 0.6) is 0 Å². The summed E-state index contributed by atoms with van der Waals surface area (Å²) in [6.45, 7) is 5.10. The van der Waals surface area contributed by atoms with Gasteiger partial charge in [-0.05, 0) is 26.3 Å². The van der Waals surface area contributed by atoms with E-state index < -0.39 is 23.7 Å². The normalized spacial score (nSPS) is 12.6. The van der Waals surface area contributed by atoms with Gasteiger partial charge in [-0.25, -0.2) is 9.59 Å². The van der Waals surface area contributed by atoms with Crippen LogP contribution in [0.2, 0.25) is 0 Å². The number of carboxylic acids is 1. The summed E-state index contributed by atoms with van der Waals surface area (Å²) < 4.78 is 5.16. The van der Waals surface area contributed by atoms with Gasteiger partial charge < -0.3 is 9.84 Å². The number of carboxylic acid groups (broad SMARTS) is 1. The van der Waals surface area contributed by atoms with Crippen molar-refractivity contribution < 1.29 is 24.3 Å². The fraction of sp³-hybridized carbons (Fsp3) is 0.467. The standard InChI is InChI=1S/C15H21NO5/c1-15(2,3)21-14(19)16(20-4)12(13(17)18)10-11-8-6-5-7-9-11/h5-9,12H,10H2,1-4H3,(H,17,18)/t12-/m0/s1. The molecule has 0 unspecified atom stereocenters. The molecule has 0 aromatic heterocycles. The monoisotopic (exact) mass is 295 g/mol. The first-order valence-corrected chi connectivity index (χ1v) is 6.57. The first kappa shape index (κ1) is 17.0. The van der Waals surface area contributed by atoms with Gasteiger partial charge in [-0.1, -0.05) is 30.3 Å². The van der Waals surface area contributed by atoms with Crippen molar-refractivity contribution in [1.82, 2.24) is 5.06 Å². The van der Waals surface area contributed by atoms with Crippen molar-refractivity contribution in [3.8, 4) is 0 Å². The number of aliphatic carboxylic acids is 1. The molecular weight excluding hydrogens is 274 g/mol. The number of nitrogens with zero attached hydrogens (tertiary/aromatic N) is 1. The highest BCUT2D eigenvalue weighted by Crippen LogP contribution is 2.15. The Morgan fingerprint density at radius 2 is 1.81 bits per heavy atom. The van der Waals surface area contributed by atoms with E-state index in [-0.39, 0.29) is 6.42 Å². The summed E-state index contributed by atoms with van der Waals surface area (Å²) in [7, 11) is 1.24. The van der Waals surface area contributed by atoms with Crippen LogP contribution in [0.4, 0.5) is 4.79 Å². The molecule has 0 aliphatic heterocycles. The van der Waals surface area contributed by atoms with Crippen LogP contribution in [-0.4, -0.2) is 41.0 Å². The van der Waals surface area contributed by atoms with Gasteiger partial charge in [0.25, 0.3) is 0 Å². The van der Waals surface area contributed by atoms with Crippen LogP contribution >= 0.6 is 0 Å². The van der Waals surface area contributed by atoms with Gasteiger partial charge in [0.1, 0.15) is 5.60 Å². The third kappa shape index (κ3) is 5.43. The zero-order valence-electron chi connectivity index (χ0n) is 12.7. The van der Waals surface area contributed by atoms with E-state index in [1.165, 1.54) is 7.11 Å². The van der Waals surface area contributed by atoms with Gasteiger partial charge in [-0.2, -0.15) is 5.06 Å². The second-order valence-corrected chi connectivity index (χ2v) is 5.53.